The van der Waals surface area contributed by atoms with Gasteiger partial charge in [-0.25, -0.2) is 9.78 Å². The summed E-state index contributed by atoms with van der Waals surface area (Å²) in [4.78, 5) is 34.1. The Morgan fingerprint density at radius 3 is 2.83 bits per heavy atom. The summed E-state index contributed by atoms with van der Waals surface area (Å²) in [6.45, 7) is 1.40. The monoisotopic (exact) mass is 410 g/mol. The number of fused-ring (bicyclic) bond motifs is 2. The first kappa shape index (κ1) is 18.6. The Labute approximate surface area is 173 Å². The van der Waals surface area contributed by atoms with E-state index < -0.39 is 0 Å². The highest BCUT2D eigenvalue weighted by Crippen LogP contribution is 2.35. The molecule has 1 saturated heterocycles. The molecule has 3 aromatic rings. The van der Waals surface area contributed by atoms with Crippen molar-refractivity contribution in [3.63, 3.8) is 0 Å². The normalized spacial score (nSPS) is 22.0. The minimum Gasteiger partial charge on any atom is -0.338 e. The van der Waals surface area contributed by atoms with Gasteiger partial charge in [-0.3, -0.25) is 13.9 Å². The summed E-state index contributed by atoms with van der Waals surface area (Å²) in [5.74, 6) is 0.711. The molecule has 152 valence electrons. The third kappa shape index (κ3) is 3.41. The molecule has 2 fully saturated rings. The molecule has 0 aromatic carbocycles. The number of carbonyl (C=O) groups is 1. The van der Waals surface area contributed by atoms with Crippen molar-refractivity contribution >= 4 is 28.4 Å². The lowest BCUT2D eigenvalue weighted by Crippen LogP contribution is -2.51. The summed E-state index contributed by atoms with van der Waals surface area (Å²) >= 11 is 1.62. The number of hydrogen-bond acceptors (Lipinski definition) is 4. The average molecular weight is 411 g/mol. The summed E-state index contributed by atoms with van der Waals surface area (Å²) in [5, 5.41) is 2.01. The SMILES string of the molecule is O=C(Cn1c(=O)n(Cc2cccs2)c2ncccc21)N1CCCC2CCCCC21. The molecule has 1 aliphatic heterocycles. The van der Waals surface area contributed by atoms with Crippen molar-refractivity contribution in [1.29, 1.82) is 0 Å². The lowest BCUT2D eigenvalue weighted by Gasteiger charge is -2.44. The fourth-order valence-corrected chi connectivity index (χ4v) is 5.85. The van der Waals surface area contributed by atoms with Gasteiger partial charge in [0.1, 0.15) is 6.54 Å². The van der Waals surface area contributed by atoms with Gasteiger partial charge in [0.25, 0.3) is 0 Å². The van der Waals surface area contributed by atoms with Gasteiger partial charge >= 0.3 is 5.69 Å². The van der Waals surface area contributed by atoms with Gasteiger partial charge in [0.15, 0.2) is 5.65 Å². The summed E-state index contributed by atoms with van der Waals surface area (Å²) in [6, 6.07) is 8.08. The molecular weight excluding hydrogens is 384 g/mol. The second-order valence-corrected chi connectivity index (χ2v) is 9.25. The summed E-state index contributed by atoms with van der Waals surface area (Å²) in [7, 11) is 0. The second kappa shape index (κ2) is 7.78. The Bertz CT molecular complexity index is 1070. The highest BCUT2D eigenvalue weighted by atomic mass is 32.1. The number of rotatable bonds is 4. The van der Waals surface area contributed by atoms with Crippen LogP contribution in [0.2, 0.25) is 0 Å². The maximum atomic E-state index is 13.3. The highest BCUT2D eigenvalue weighted by molar-refractivity contribution is 7.09. The zero-order chi connectivity index (χ0) is 19.8. The van der Waals surface area contributed by atoms with Gasteiger partial charge in [-0.1, -0.05) is 18.9 Å². The van der Waals surface area contributed by atoms with Crippen molar-refractivity contribution in [3.8, 4) is 0 Å². The molecule has 2 unspecified atom stereocenters. The van der Waals surface area contributed by atoms with Crippen LogP contribution < -0.4 is 5.69 Å². The number of imidazole rings is 1. The zero-order valence-corrected chi connectivity index (χ0v) is 17.3. The van der Waals surface area contributed by atoms with E-state index in [9.17, 15) is 9.59 Å². The van der Waals surface area contributed by atoms with Crippen LogP contribution in [-0.4, -0.2) is 37.5 Å². The van der Waals surface area contributed by atoms with Gasteiger partial charge in [-0.15, -0.1) is 11.3 Å². The first-order valence-corrected chi connectivity index (χ1v) is 11.5. The fourth-order valence-electron chi connectivity index (χ4n) is 5.16. The van der Waals surface area contributed by atoms with Gasteiger partial charge < -0.3 is 4.90 Å². The molecule has 1 amide bonds. The predicted octanol–water partition coefficient (Wildman–Crippen LogP) is 3.49. The molecule has 1 aliphatic carbocycles. The first-order chi connectivity index (χ1) is 14.2. The third-order valence-corrected chi connectivity index (χ3v) is 7.39. The van der Waals surface area contributed by atoms with Gasteiger partial charge in [-0.2, -0.15) is 0 Å². The molecule has 3 aromatic heterocycles. The Hall–Kier alpha value is -2.41. The molecule has 2 aliphatic rings. The number of likely N-dealkylation sites (tertiary alicyclic amines) is 1. The lowest BCUT2D eigenvalue weighted by molar-refractivity contribution is -0.138. The summed E-state index contributed by atoms with van der Waals surface area (Å²) in [5.41, 5.74) is 1.23. The lowest BCUT2D eigenvalue weighted by atomic mass is 9.78. The molecule has 4 heterocycles. The number of pyridine rings is 1. The van der Waals surface area contributed by atoms with E-state index in [-0.39, 0.29) is 18.1 Å². The smallest absolute Gasteiger partial charge is 0.331 e. The van der Waals surface area contributed by atoms with Crippen LogP contribution in [0.25, 0.3) is 11.2 Å². The van der Waals surface area contributed by atoms with E-state index >= 15 is 0 Å². The van der Waals surface area contributed by atoms with Crippen LogP contribution in [0.4, 0.5) is 0 Å². The number of nitrogens with zero attached hydrogens (tertiary/aromatic N) is 4. The van der Waals surface area contributed by atoms with Crippen molar-refractivity contribution in [1.82, 2.24) is 19.0 Å². The van der Waals surface area contributed by atoms with E-state index in [1.807, 2.05) is 29.6 Å². The minimum absolute atomic E-state index is 0.0720. The molecule has 1 saturated carbocycles. The highest BCUT2D eigenvalue weighted by Gasteiger charge is 2.36. The Morgan fingerprint density at radius 1 is 1.10 bits per heavy atom. The van der Waals surface area contributed by atoms with Crippen molar-refractivity contribution in [2.24, 2.45) is 5.92 Å². The topological polar surface area (TPSA) is 60.1 Å². The van der Waals surface area contributed by atoms with E-state index in [0.29, 0.717) is 24.2 Å². The van der Waals surface area contributed by atoms with E-state index in [1.54, 1.807) is 26.7 Å². The standard InChI is InChI=1S/C22H26N4O2S/c27-20(24-12-4-7-16-6-1-2-9-18(16)24)15-25-19-10-3-11-23-21(19)26(22(25)28)14-17-8-5-13-29-17/h3,5,8,10-11,13,16,18H,1-2,4,6-7,9,12,14-15H2. The number of carbonyl (C=O) groups excluding carboxylic acids is 1. The summed E-state index contributed by atoms with van der Waals surface area (Å²) < 4.78 is 3.30. The van der Waals surface area contributed by atoms with E-state index in [1.165, 1.54) is 25.7 Å². The fraction of sp³-hybridized carbons (Fsp3) is 0.500. The largest absolute Gasteiger partial charge is 0.338 e. The second-order valence-electron chi connectivity index (χ2n) is 8.22. The molecule has 2 atom stereocenters. The molecule has 6 nitrogen and oxygen atoms in total. The number of piperidine rings is 1. The Balaban J connectivity index is 1.46. The number of amides is 1. The van der Waals surface area contributed by atoms with Gasteiger partial charge in [0.05, 0.1) is 12.1 Å². The molecule has 0 N–H and O–H groups in total. The quantitative estimate of drug-likeness (QED) is 0.662. The minimum atomic E-state index is -0.155. The maximum absolute atomic E-state index is 13.3. The predicted molar refractivity (Wildman–Crippen MR) is 114 cm³/mol. The number of thiophene rings is 1. The van der Waals surface area contributed by atoms with E-state index in [4.69, 9.17) is 0 Å². The van der Waals surface area contributed by atoms with Crippen molar-refractivity contribution in [2.75, 3.05) is 6.54 Å². The van der Waals surface area contributed by atoms with Crippen molar-refractivity contribution in [2.45, 2.75) is 57.7 Å². The molecule has 0 bridgehead atoms. The van der Waals surface area contributed by atoms with Crippen molar-refractivity contribution in [3.05, 3.63) is 51.2 Å². The Morgan fingerprint density at radius 2 is 1.97 bits per heavy atom. The van der Waals surface area contributed by atoms with E-state index in [2.05, 4.69) is 9.88 Å². The molecule has 0 radical (unpaired) electrons. The molecule has 0 spiro atoms. The van der Waals surface area contributed by atoms with Crippen LogP contribution in [0, 0.1) is 5.92 Å². The van der Waals surface area contributed by atoms with Crippen LogP contribution in [0.1, 0.15) is 43.4 Å². The van der Waals surface area contributed by atoms with Crippen LogP contribution in [0.3, 0.4) is 0 Å². The maximum Gasteiger partial charge on any atom is 0.331 e. The van der Waals surface area contributed by atoms with E-state index in [0.717, 1.165) is 29.8 Å². The number of aromatic nitrogens is 3. The zero-order valence-electron chi connectivity index (χ0n) is 16.5. The molecule has 5 rings (SSSR count). The molecule has 29 heavy (non-hydrogen) atoms. The van der Waals surface area contributed by atoms with Crippen LogP contribution in [0.15, 0.2) is 40.6 Å². The van der Waals surface area contributed by atoms with Crippen LogP contribution >= 0.6 is 11.3 Å². The Kier molecular flexibility index (Phi) is 4.99. The summed E-state index contributed by atoms with van der Waals surface area (Å²) in [6.07, 6.45) is 8.84. The van der Waals surface area contributed by atoms with Gasteiger partial charge in [-0.05, 0) is 55.2 Å². The van der Waals surface area contributed by atoms with Gasteiger partial charge in [0, 0.05) is 23.7 Å². The molecule has 7 heteroatoms. The van der Waals surface area contributed by atoms with Gasteiger partial charge in [0.2, 0.25) is 5.91 Å². The van der Waals surface area contributed by atoms with Crippen LogP contribution in [-0.2, 0) is 17.9 Å². The number of hydrogen-bond donors (Lipinski definition) is 0. The van der Waals surface area contributed by atoms with Crippen LogP contribution in [0.5, 0.6) is 0 Å². The third-order valence-electron chi connectivity index (χ3n) is 6.53. The first-order valence-electron chi connectivity index (χ1n) is 10.6. The van der Waals surface area contributed by atoms with Crippen molar-refractivity contribution < 1.29 is 4.79 Å². The average Bonchev–Trinajstić information content (AvgIpc) is 3.36. The molecular formula is C22H26N4O2S.